The van der Waals surface area contributed by atoms with Crippen LogP contribution in [0.3, 0.4) is 0 Å². The smallest absolute Gasteiger partial charge is 0.306 e. The molecule has 5 nitrogen and oxygen atoms in total. The lowest BCUT2D eigenvalue weighted by Gasteiger charge is -2.32. The number of hydrogen-bond acceptors (Lipinski definition) is 3. The molecule has 1 amide bonds. The van der Waals surface area contributed by atoms with E-state index in [1.54, 1.807) is 0 Å². The van der Waals surface area contributed by atoms with Crippen molar-refractivity contribution in [3.63, 3.8) is 0 Å². The number of carbonyl (C=O) groups excluding carboxylic acids is 1. The van der Waals surface area contributed by atoms with Crippen LogP contribution in [0.15, 0.2) is 0 Å². The SMILES string of the molecule is CN(CC(=O)N1CCC(C(=O)O)CC1)C1CCCC1. The van der Waals surface area contributed by atoms with E-state index in [0.29, 0.717) is 38.5 Å². The molecule has 108 valence electrons. The summed E-state index contributed by atoms with van der Waals surface area (Å²) in [6.45, 7) is 1.66. The molecule has 2 rings (SSSR count). The van der Waals surface area contributed by atoms with Gasteiger partial charge in [-0.2, -0.15) is 0 Å². The lowest BCUT2D eigenvalue weighted by atomic mass is 9.97. The summed E-state index contributed by atoms with van der Waals surface area (Å²) in [6, 6.07) is 0.556. The number of carboxylic acids is 1. The predicted molar refractivity (Wildman–Crippen MR) is 71.8 cm³/mol. The minimum Gasteiger partial charge on any atom is -0.481 e. The zero-order chi connectivity index (χ0) is 13.8. The van der Waals surface area contributed by atoms with Crippen LogP contribution >= 0.6 is 0 Å². The summed E-state index contributed by atoms with van der Waals surface area (Å²) in [4.78, 5) is 27.0. The molecule has 0 spiro atoms. The van der Waals surface area contributed by atoms with Gasteiger partial charge in [0.05, 0.1) is 12.5 Å². The third-order valence-corrected chi connectivity index (χ3v) is 4.53. The molecule has 0 aromatic rings. The number of likely N-dealkylation sites (N-methyl/N-ethyl adjacent to an activating group) is 1. The van der Waals surface area contributed by atoms with Crippen molar-refractivity contribution in [1.29, 1.82) is 0 Å². The molecule has 0 aromatic carbocycles. The van der Waals surface area contributed by atoms with Gasteiger partial charge in [0.15, 0.2) is 0 Å². The second-order valence-corrected chi connectivity index (χ2v) is 5.85. The fourth-order valence-electron chi connectivity index (χ4n) is 3.16. The van der Waals surface area contributed by atoms with E-state index in [4.69, 9.17) is 5.11 Å². The molecular formula is C14H24N2O3. The highest BCUT2D eigenvalue weighted by atomic mass is 16.4. The van der Waals surface area contributed by atoms with Gasteiger partial charge in [-0.1, -0.05) is 12.8 Å². The Morgan fingerprint density at radius 1 is 1.16 bits per heavy atom. The Kier molecular flexibility index (Phi) is 4.80. The number of hydrogen-bond donors (Lipinski definition) is 1. The van der Waals surface area contributed by atoms with Crippen LogP contribution in [0.5, 0.6) is 0 Å². The molecule has 0 bridgehead atoms. The number of carbonyl (C=O) groups is 2. The highest BCUT2D eigenvalue weighted by molar-refractivity contribution is 5.79. The maximum Gasteiger partial charge on any atom is 0.306 e. The molecule has 2 fully saturated rings. The van der Waals surface area contributed by atoms with Crippen molar-refractivity contribution >= 4 is 11.9 Å². The van der Waals surface area contributed by atoms with E-state index in [1.807, 2.05) is 11.9 Å². The van der Waals surface area contributed by atoms with Crippen molar-refractivity contribution in [2.45, 2.75) is 44.6 Å². The Bertz CT molecular complexity index is 332. The Balaban J connectivity index is 1.76. The summed E-state index contributed by atoms with van der Waals surface area (Å²) in [7, 11) is 2.03. The van der Waals surface area contributed by atoms with Gasteiger partial charge in [-0.05, 0) is 32.7 Å². The Morgan fingerprint density at radius 2 is 1.74 bits per heavy atom. The van der Waals surface area contributed by atoms with Gasteiger partial charge in [-0.15, -0.1) is 0 Å². The van der Waals surface area contributed by atoms with E-state index in [2.05, 4.69) is 4.90 Å². The van der Waals surface area contributed by atoms with Crippen LogP contribution in [0, 0.1) is 5.92 Å². The number of rotatable bonds is 4. The Hall–Kier alpha value is -1.10. The molecule has 1 aliphatic heterocycles. The average molecular weight is 268 g/mol. The monoisotopic (exact) mass is 268 g/mol. The van der Waals surface area contributed by atoms with Crippen molar-refractivity contribution in [3.8, 4) is 0 Å². The van der Waals surface area contributed by atoms with Crippen LogP contribution in [0.25, 0.3) is 0 Å². The van der Waals surface area contributed by atoms with Crippen LogP contribution < -0.4 is 0 Å². The minimum atomic E-state index is -0.727. The molecule has 1 N–H and O–H groups in total. The van der Waals surface area contributed by atoms with Crippen molar-refractivity contribution in [2.24, 2.45) is 5.92 Å². The van der Waals surface area contributed by atoms with Gasteiger partial charge in [-0.25, -0.2) is 0 Å². The lowest BCUT2D eigenvalue weighted by molar-refractivity contribution is -0.146. The van der Waals surface area contributed by atoms with Crippen LogP contribution in [0.2, 0.25) is 0 Å². The van der Waals surface area contributed by atoms with Crippen molar-refractivity contribution in [3.05, 3.63) is 0 Å². The number of aliphatic carboxylic acids is 1. The Morgan fingerprint density at radius 3 is 2.26 bits per heavy atom. The van der Waals surface area contributed by atoms with Crippen molar-refractivity contribution in [1.82, 2.24) is 9.80 Å². The highest BCUT2D eigenvalue weighted by Crippen LogP contribution is 2.23. The van der Waals surface area contributed by atoms with E-state index in [0.717, 1.165) is 0 Å². The third kappa shape index (κ3) is 3.69. The molecule has 1 saturated heterocycles. The van der Waals surface area contributed by atoms with Gasteiger partial charge in [0, 0.05) is 19.1 Å². The van der Waals surface area contributed by atoms with Gasteiger partial charge in [-0.3, -0.25) is 14.5 Å². The largest absolute Gasteiger partial charge is 0.481 e. The molecular weight excluding hydrogens is 244 g/mol. The van der Waals surface area contributed by atoms with Crippen LogP contribution in [0.4, 0.5) is 0 Å². The summed E-state index contributed by atoms with van der Waals surface area (Å²) in [5, 5.41) is 8.94. The maximum absolute atomic E-state index is 12.2. The fourth-order valence-corrected chi connectivity index (χ4v) is 3.16. The Labute approximate surface area is 114 Å². The first kappa shape index (κ1) is 14.3. The average Bonchev–Trinajstić information content (AvgIpc) is 2.92. The number of carboxylic acid groups (broad SMARTS) is 1. The quantitative estimate of drug-likeness (QED) is 0.832. The second-order valence-electron chi connectivity index (χ2n) is 5.85. The normalized spacial score (nSPS) is 22.1. The molecule has 1 saturated carbocycles. The standard InChI is InChI=1S/C14H24N2O3/c1-15(12-4-2-3-5-12)10-13(17)16-8-6-11(7-9-16)14(18)19/h11-12H,2-10H2,1H3,(H,18,19). The molecule has 0 radical (unpaired) electrons. The molecule has 0 unspecified atom stereocenters. The topological polar surface area (TPSA) is 60.9 Å². The van der Waals surface area contributed by atoms with E-state index in [9.17, 15) is 9.59 Å². The van der Waals surface area contributed by atoms with Gasteiger partial charge in [0.2, 0.25) is 5.91 Å². The zero-order valence-corrected chi connectivity index (χ0v) is 11.7. The van der Waals surface area contributed by atoms with Crippen LogP contribution in [0.1, 0.15) is 38.5 Å². The molecule has 5 heteroatoms. The summed E-state index contributed by atoms with van der Waals surface area (Å²) in [5.41, 5.74) is 0. The highest BCUT2D eigenvalue weighted by Gasteiger charge is 2.28. The lowest BCUT2D eigenvalue weighted by Crippen LogP contribution is -2.46. The van der Waals surface area contributed by atoms with Gasteiger partial charge >= 0.3 is 5.97 Å². The molecule has 2 aliphatic rings. The fraction of sp³-hybridized carbons (Fsp3) is 0.857. The molecule has 1 heterocycles. The first-order valence-corrected chi connectivity index (χ1v) is 7.28. The third-order valence-electron chi connectivity index (χ3n) is 4.53. The number of likely N-dealkylation sites (tertiary alicyclic amines) is 1. The van der Waals surface area contributed by atoms with E-state index < -0.39 is 5.97 Å². The van der Waals surface area contributed by atoms with Gasteiger partial charge in [0.25, 0.3) is 0 Å². The molecule has 0 aromatic heterocycles. The van der Waals surface area contributed by atoms with Crippen molar-refractivity contribution < 1.29 is 14.7 Å². The molecule has 0 atom stereocenters. The van der Waals surface area contributed by atoms with E-state index >= 15 is 0 Å². The first-order valence-electron chi connectivity index (χ1n) is 7.28. The minimum absolute atomic E-state index is 0.151. The molecule has 1 aliphatic carbocycles. The van der Waals surface area contributed by atoms with E-state index in [1.165, 1.54) is 25.7 Å². The molecule has 19 heavy (non-hydrogen) atoms. The number of amides is 1. The van der Waals surface area contributed by atoms with Gasteiger partial charge < -0.3 is 10.0 Å². The van der Waals surface area contributed by atoms with E-state index in [-0.39, 0.29) is 11.8 Å². The maximum atomic E-state index is 12.2. The second kappa shape index (κ2) is 6.37. The number of piperidine rings is 1. The first-order chi connectivity index (χ1) is 9.08. The van der Waals surface area contributed by atoms with Gasteiger partial charge in [0.1, 0.15) is 0 Å². The summed E-state index contributed by atoms with van der Waals surface area (Å²) in [6.07, 6.45) is 6.12. The van der Waals surface area contributed by atoms with Crippen molar-refractivity contribution in [2.75, 3.05) is 26.7 Å². The predicted octanol–water partition coefficient (Wildman–Crippen LogP) is 1.18. The summed E-state index contributed by atoms with van der Waals surface area (Å²) in [5.74, 6) is -0.843. The summed E-state index contributed by atoms with van der Waals surface area (Å²) < 4.78 is 0. The van der Waals surface area contributed by atoms with Crippen LogP contribution in [-0.2, 0) is 9.59 Å². The summed E-state index contributed by atoms with van der Waals surface area (Å²) >= 11 is 0. The van der Waals surface area contributed by atoms with Crippen LogP contribution in [-0.4, -0.2) is 59.5 Å². The zero-order valence-electron chi connectivity index (χ0n) is 11.7. The number of nitrogens with zero attached hydrogens (tertiary/aromatic N) is 2.